The molecule has 1 heterocycles. The van der Waals surface area contributed by atoms with Gasteiger partial charge in [0, 0.05) is 16.3 Å². The topological polar surface area (TPSA) is 54.6 Å². The van der Waals surface area contributed by atoms with Gasteiger partial charge in [-0.1, -0.05) is 53.5 Å². The van der Waals surface area contributed by atoms with Gasteiger partial charge in [-0.2, -0.15) is 5.10 Å². The molecule has 0 spiro atoms. The van der Waals surface area contributed by atoms with Crippen molar-refractivity contribution in [2.24, 2.45) is 5.10 Å². The van der Waals surface area contributed by atoms with Gasteiger partial charge in [0.05, 0.1) is 16.5 Å². The summed E-state index contributed by atoms with van der Waals surface area (Å²) in [7, 11) is 0. The van der Waals surface area contributed by atoms with E-state index >= 15 is 0 Å². The van der Waals surface area contributed by atoms with Crippen LogP contribution in [0.5, 0.6) is 0 Å². The molecule has 2 aromatic carbocycles. The Labute approximate surface area is 177 Å². The van der Waals surface area contributed by atoms with Crippen LogP contribution in [0.25, 0.3) is 11.3 Å². The first-order valence-corrected chi connectivity index (χ1v) is 10.4. The Morgan fingerprint density at radius 3 is 2.71 bits per heavy atom. The van der Waals surface area contributed by atoms with Gasteiger partial charge in [0.25, 0.3) is 5.91 Å². The third-order valence-electron chi connectivity index (χ3n) is 3.90. The van der Waals surface area contributed by atoms with Crippen molar-refractivity contribution in [2.45, 2.75) is 17.9 Å². The molecule has 0 aliphatic rings. The number of thioether (sulfide) groups is 1. The van der Waals surface area contributed by atoms with Crippen LogP contribution in [0.2, 0.25) is 10.0 Å². The molecule has 1 N–H and O–H groups in total. The predicted molar refractivity (Wildman–Crippen MR) is 117 cm³/mol. The van der Waals surface area contributed by atoms with Crippen LogP contribution in [0.1, 0.15) is 18.2 Å². The van der Waals surface area contributed by atoms with Crippen molar-refractivity contribution in [1.82, 2.24) is 5.43 Å². The maximum Gasteiger partial charge on any atom is 0.252 e. The van der Waals surface area contributed by atoms with Crippen molar-refractivity contribution in [1.29, 1.82) is 0 Å². The average molecular weight is 433 g/mol. The van der Waals surface area contributed by atoms with Crippen LogP contribution >= 0.6 is 35.0 Å². The van der Waals surface area contributed by atoms with E-state index in [0.29, 0.717) is 21.6 Å². The van der Waals surface area contributed by atoms with Crippen LogP contribution in [0, 0.1) is 0 Å². The van der Waals surface area contributed by atoms with Crippen LogP contribution in [-0.2, 0) is 10.5 Å². The van der Waals surface area contributed by atoms with Crippen molar-refractivity contribution in [3.05, 3.63) is 82.0 Å². The van der Waals surface area contributed by atoms with E-state index in [9.17, 15) is 4.79 Å². The van der Waals surface area contributed by atoms with Crippen LogP contribution in [0.4, 0.5) is 0 Å². The molecule has 1 aromatic heterocycles. The number of nitrogens with one attached hydrogen (secondary N) is 1. The summed E-state index contributed by atoms with van der Waals surface area (Å²) < 4.78 is 5.70. The zero-order chi connectivity index (χ0) is 19.9. The molecule has 3 rings (SSSR count). The number of hydrogen-bond acceptors (Lipinski definition) is 4. The van der Waals surface area contributed by atoms with E-state index in [1.54, 1.807) is 42.1 Å². The molecule has 0 aliphatic carbocycles. The van der Waals surface area contributed by atoms with Gasteiger partial charge >= 0.3 is 0 Å². The van der Waals surface area contributed by atoms with Crippen LogP contribution in [0.15, 0.2) is 70.2 Å². The number of rotatable bonds is 7. The SMILES string of the molecule is C[C@H](SCc1ccccc1)C(=O)N/N=C\c1ccc(-c2ccc(Cl)cc2Cl)o1. The summed E-state index contributed by atoms with van der Waals surface area (Å²) in [5, 5.41) is 4.81. The van der Waals surface area contributed by atoms with Crippen LogP contribution < -0.4 is 5.43 Å². The number of carbonyl (C=O) groups is 1. The van der Waals surface area contributed by atoms with E-state index in [-0.39, 0.29) is 11.2 Å². The van der Waals surface area contributed by atoms with Gasteiger partial charge in [-0.15, -0.1) is 11.8 Å². The quantitative estimate of drug-likeness (QED) is 0.366. The van der Waals surface area contributed by atoms with Crippen LogP contribution in [-0.4, -0.2) is 17.4 Å². The largest absolute Gasteiger partial charge is 0.455 e. The summed E-state index contributed by atoms with van der Waals surface area (Å²) in [6, 6.07) is 18.8. The van der Waals surface area contributed by atoms with Gasteiger partial charge in [-0.25, -0.2) is 5.43 Å². The Morgan fingerprint density at radius 2 is 1.96 bits per heavy atom. The maximum atomic E-state index is 12.2. The minimum atomic E-state index is -0.225. The summed E-state index contributed by atoms with van der Waals surface area (Å²) in [6.45, 7) is 1.85. The first kappa shape index (κ1) is 20.5. The van der Waals surface area contributed by atoms with Gasteiger partial charge in [0.1, 0.15) is 11.5 Å². The number of hydrazone groups is 1. The molecular weight excluding hydrogens is 415 g/mol. The van der Waals surface area contributed by atoms with Gasteiger partial charge < -0.3 is 4.42 Å². The normalized spacial score (nSPS) is 12.2. The highest BCUT2D eigenvalue weighted by molar-refractivity contribution is 7.99. The molecular formula is C21H18Cl2N2O2S. The second-order valence-electron chi connectivity index (χ2n) is 6.00. The van der Waals surface area contributed by atoms with E-state index in [1.165, 1.54) is 11.8 Å². The summed E-state index contributed by atoms with van der Waals surface area (Å²) >= 11 is 13.7. The highest BCUT2D eigenvalue weighted by atomic mass is 35.5. The molecule has 144 valence electrons. The van der Waals surface area contributed by atoms with E-state index in [2.05, 4.69) is 10.5 Å². The van der Waals surface area contributed by atoms with E-state index in [1.807, 2.05) is 37.3 Å². The first-order valence-electron chi connectivity index (χ1n) is 8.56. The fourth-order valence-corrected chi connectivity index (χ4v) is 3.72. The molecule has 0 saturated heterocycles. The lowest BCUT2D eigenvalue weighted by Gasteiger charge is -2.09. The summed E-state index contributed by atoms with van der Waals surface area (Å²) in [5.41, 5.74) is 4.46. The average Bonchev–Trinajstić information content (AvgIpc) is 3.15. The summed E-state index contributed by atoms with van der Waals surface area (Å²) in [4.78, 5) is 12.2. The Morgan fingerprint density at radius 1 is 1.18 bits per heavy atom. The molecule has 1 amide bonds. The minimum Gasteiger partial charge on any atom is -0.455 e. The van der Waals surface area contributed by atoms with Gasteiger partial charge in [-0.3, -0.25) is 4.79 Å². The predicted octanol–water partition coefficient (Wildman–Crippen LogP) is 6.03. The smallest absolute Gasteiger partial charge is 0.252 e. The van der Waals surface area contributed by atoms with Gasteiger partial charge in [-0.05, 0) is 42.8 Å². The Balaban J connectivity index is 1.53. The standard InChI is InChI=1S/C21H18Cl2N2O2S/c1-14(28-13-15-5-3-2-4-6-15)21(26)25-24-12-17-8-10-20(27-17)18-9-7-16(22)11-19(18)23/h2-12,14H,13H2,1H3,(H,25,26)/b24-12-/t14-/m0/s1. The van der Waals surface area contributed by atoms with Crippen molar-refractivity contribution >= 4 is 47.1 Å². The fraction of sp³-hybridized carbons (Fsp3) is 0.143. The molecule has 0 unspecified atom stereocenters. The van der Waals surface area contributed by atoms with Gasteiger partial charge in [0.2, 0.25) is 0 Å². The monoisotopic (exact) mass is 432 g/mol. The molecule has 1 atom stereocenters. The maximum absolute atomic E-state index is 12.2. The Bertz CT molecular complexity index is 974. The molecule has 0 fully saturated rings. The van der Waals surface area contributed by atoms with E-state index < -0.39 is 0 Å². The Kier molecular flexibility index (Phi) is 7.20. The number of nitrogens with zero attached hydrogens (tertiary/aromatic N) is 1. The van der Waals surface area contributed by atoms with Crippen LogP contribution in [0.3, 0.4) is 0 Å². The lowest BCUT2D eigenvalue weighted by Crippen LogP contribution is -2.26. The second kappa shape index (κ2) is 9.82. The number of furan rings is 1. The van der Waals surface area contributed by atoms with E-state index in [4.69, 9.17) is 27.6 Å². The number of benzene rings is 2. The van der Waals surface area contributed by atoms with Crippen molar-refractivity contribution in [3.63, 3.8) is 0 Å². The number of halogens is 2. The highest BCUT2D eigenvalue weighted by Gasteiger charge is 2.13. The zero-order valence-corrected chi connectivity index (χ0v) is 17.4. The lowest BCUT2D eigenvalue weighted by molar-refractivity contribution is -0.120. The number of carbonyl (C=O) groups excluding carboxylic acids is 1. The highest BCUT2D eigenvalue weighted by Crippen LogP contribution is 2.31. The first-order chi connectivity index (χ1) is 13.5. The molecule has 0 saturated carbocycles. The second-order valence-corrected chi connectivity index (χ2v) is 8.17. The molecule has 0 bridgehead atoms. The third-order valence-corrected chi connectivity index (χ3v) is 5.66. The zero-order valence-electron chi connectivity index (χ0n) is 15.1. The lowest BCUT2D eigenvalue weighted by atomic mass is 10.2. The summed E-state index contributed by atoms with van der Waals surface area (Å²) in [6.07, 6.45) is 1.46. The third kappa shape index (κ3) is 5.64. The summed E-state index contributed by atoms with van der Waals surface area (Å²) in [5.74, 6) is 1.71. The van der Waals surface area contributed by atoms with Crippen molar-refractivity contribution in [3.8, 4) is 11.3 Å². The number of amides is 1. The molecule has 0 aliphatic heterocycles. The Hall–Kier alpha value is -2.21. The molecule has 0 radical (unpaired) electrons. The molecule has 7 heteroatoms. The van der Waals surface area contributed by atoms with E-state index in [0.717, 1.165) is 11.3 Å². The van der Waals surface area contributed by atoms with Crippen molar-refractivity contribution < 1.29 is 9.21 Å². The molecule has 4 nitrogen and oxygen atoms in total. The fourth-order valence-electron chi connectivity index (χ4n) is 2.38. The minimum absolute atomic E-state index is 0.162. The van der Waals surface area contributed by atoms with Crippen molar-refractivity contribution in [2.75, 3.05) is 0 Å². The van der Waals surface area contributed by atoms with Gasteiger partial charge in [0.15, 0.2) is 0 Å². The number of hydrogen-bond donors (Lipinski definition) is 1. The molecule has 3 aromatic rings. The molecule has 28 heavy (non-hydrogen) atoms.